The lowest BCUT2D eigenvalue weighted by Gasteiger charge is -2.03. The van der Waals surface area contributed by atoms with Crippen LogP contribution in [-0.4, -0.2) is 19.6 Å². The van der Waals surface area contributed by atoms with Crippen LogP contribution in [-0.2, 0) is 9.53 Å². The third-order valence-corrected chi connectivity index (χ3v) is 2.46. The first kappa shape index (κ1) is 13.9. The fraction of sp³-hybridized carbons (Fsp3) is 0.133. The largest absolute Gasteiger partial charge is 0.375 e. The van der Waals surface area contributed by atoms with Crippen LogP contribution in [0.15, 0.2) is 64.8 Å². The van der Waals surface area contributed by atoms with Crippen LogP contribution in [0.3, 0.4) is 0 Å². The van der Waals surface area contributed by atoms with Gasteiger partial charge in [0.25, 0.3) is 0 Å². The minimum atomic E-state index is -0.189. The average Bonchev–Trinajstić information content (AvgIpc) is 2.48. The molecule has 0 heterocycles. The Morgan fingerprint density at radius 2 is 1.60 bits per heavy atom. The number of azo groups is 1. The lowest BCUT2D eigenvalue weighted by Crippen LogP contribution is -2.16. The number of carbonyl (C=O) groups excluding carboxylic acids is 1. The second-order valence-corrected chi connectivity index (χ2v) is 4.06. The first-order chi connectivity index (χ1) is 9.78. The van der Waals surface area contributed by atoms with Gasteiger partial charge in [-0.3, -0.25) is 4.79 Å². The highest BCUT2D eigenvalue weighted by Gasteiger charge is 2.00. The van der Waals surface area contributed by atoms with Crippen molar-refractivity contribution < 1.29 is 9.53 Å². The van der Waals surface area contributed by atoms with Crippen LogP contribution in [0.4, 0.5) is 17.1 Å². The monoisotopic (exact) mass is 269 g/mol. The number of amides is 1. The standard InChI is InChI=1S/C15H15N3O2/c1-20-11-15(19)16-12-7-9-14(10-8-12)18-17-13-5-3-2-4-6-13/h2-10H,11H2,1H3,(H,16,19). The maximum absolute atomic E-state index is 11.3. The van der Waals surface area contributed by atoms with Gasteiger partial charge in [0.1, 0.15) is 6.61 Å². The normalized spacial score (nSPS) is 10.7. The molecular formula is C15H15N3O2. The van der Waals surface area contributed by atoms with Crippen molar-refractivity contribution in [2.45, 2.75) is 0 Å². The first-order valence-electron chi connectivity index (χ1n) is 6.13. The van der Waals surface area contributed by atoms with E-state index >= 15 is 0 Å². The van der Waals surface area contributed by atoms with Crippen LogP contribution < -0.4 is 5.32 Å². The molecule has 102 valence electrons. The van der Waals surface area contributed by atoms with Gasteiger partial charge in [0.15, 0.2) is 0 Å². The molecule has 0 unspecified atom stereocenters. The van der Waals surface area contributed by atoms with Gasteiger partial charge in [0, 0.05) is 12.8 Å². The van der Waals surface area contributed by atoms with Gasteiger partial charge in [-0.25, -0.2) is 0 Å². The highest BCUT2D eigenvalue weighted by atomic mass is 16.5. The number of hydrogen-bond acceptors (Lipinski definition) is 4. The van der Waals surface area contributed by atoms with E-state index in [1.54, 1.807) is 24.3 Å². The van der Waals surface area contributed by atoms with E-state index in [-0.39, 0.29) is 12.5 Å². The number of nitrogens with zero attached hydrogens (tertiary/aromatic N) is 2. The molecule has 0 radical (unpaired) electrons. The van der Waals surface area contributed by atoms with Gasteiger partial charge in [0.2, 0.25) is 5.91 Å². The Kier molecular flexibility index (Phi) is 4.97. The SMILES string of the molecule is COCC(=O)Nc1ccc(N=Nc2ccccc2)cc1. The van der Waals surface area contributed by atoms with Crippen LogP contribution in [0.25, 0.3) is 0 Å². The molecule has 0 fully saturated rings. The third kappa shape index (κ3) is 4.29. The maximum atomic E-state index is 11.3. The quantitative estimate of drug-likeness (QED) is 0.841. The van der Waals surface area contributed by atoms with Gasteiger partial charge >= 0.3 is 0 Å². The molecule has 20 heavy (non-hydrogen) atoms. The fourth-order valence-corrected chi connectivity index (χ4v) is 1.55. The zero-order chi connectivity index (χ0) is 14.2. The van der Waals surface area contributed by atoms with Crippen LogP contribution >= 0.6 is 0 Å². The van der Waals surface area contributed by atoms with E-state index in [0.29, 0.717) is 5.69 Å². The summed E-state index contributed by atoms with van der Waals surface area (Å²) in [7, 11) is 1.48. The van der Waals surface area contributed by atoms with Crippen molar-refractivity contribution in [3.63, 3.8) is 0 Å². The van der Waals surface area contributed by atoms with Crippen LogP contribution in [0, 0.1) is 0 Å². The van der Waals surface area contributed by atoms with E-state index in [2.05, 4.69) is 15.5 Å². The average molecular weight is 269 g/mol. The van der Waals surface area contributed by atoms with Crippen LogP contribution in [0.5, 0.6) is 0 Å². The summed E-state index contributed by atoms with van der Waals surface area (Å²) in [5, 5.41) is 10.9. The number of hydrogen-bond donors (Lipinski definition) is 1. The summed E-state index contributed by atoms with van der Waals surface area (Å²) in [6.45, 7) is 0.0372. The molecule has 2 aromatic carbocycles. The molecule has 0 aromatic heterocycles. The number of carbonyl (C=O) groups is 1. The minimum absolute atomic E-state index is 0.0372. The molecule has 0 atom stereocenters. The van der Waals surface area contributed by atoms with Crippen LogP contribution in [0.1, 0.15) is 0 Å². The summed E-state index contributed by atoms with van der Waals surface area (Å²) in [6, 6.07) is 16.6. The molecule has 2 aromatic rings. The third-order valence-electron chi connectivity index (χ3n) is 2.46. The van der Waals surface area contributed by atoms with Crippen molar-refractivity contribution in [1.82, 2.24) is 0 Å². The van der Waals surface area contributed by atoms with E-state index in [4.69, 9.17) is 4.74 Å². The van der Waals surface area contributed by atoms with Crippen molar-refractivity contribution in [2.24, 2.45) is 10.2 Å². The van der Waals surface area contributed by atoms with Crippen molar-refractivity contribution in [2.75, 3.05) is 19.0 Å². The van der Waals surface area contributed by atoms with E-state index in [1.165, 1.54) is 7.11 Å². The van der Waals surface area contributed by atoms with E-state index in [9.17, 15) is 4.79 Å². The highest BCUT2D eigenvalue weighted by Crippen LogP contribution is 2.19. The summed E-state index contributed by atoms with van der Waals surface area (Å²) in [4.78, 5) is 11.3. The van der Waals surface area contributed by atoms with Gasteiger partial charge in [-0.15, -0.1) is 0 Å². The molecule has 0 aliphatic heterocycles. The molecule has 0 aliphatic carbocycles. The number of methoxy groups -OCH3 is 1. The van der Waals surface area contributed by atoms with Gasteiger partial charge in [-0.05, 0) is 36.4 Å². The Morgan fingerprint density at radius 3 is 2.20 bits per heavy atom. The molecule has 0 bridgehead atoms. The summed E-state index contributed by atoms with van der Waals surface area (Å²) in [5.74, 6) is -0.189. The Balaban J connectivity index is 1.98. The highest BCUT2D eigenvalue weighted by molar-refractivity contribution is 5.91. The van der Waals surface area contributed by atoms with E-state index in [1.807, 2.05) is 30.3 Å². The Labute approximate surface area is 117 Å². The predicted molar refractivity (Wildman–Crippen MR) is 77.6 cm³/mol. The number of ether oxygens (including phenoxy) is 1. The molecule has 0 spiro atoms. The number of anilines is 1. The zero-order valence-corrected chi connectivity index (χ0v) is 11.1. The summed E-state index contributed by atoms with van der Waals surface area (Å²) in [5.41, 5.74) is 2.22. The fourth-order valence-electron chi connectivity index (χ4n) is 1.55. The topological polar surface area (TPSA) is 63.0 Å². The van der Waals surface area contributed by atoms with Crippen molar-refractivity contribution in [3.05, 3.63) is 54.6 Å². The van der Waals surface area contributed by atoms with Gasteiger partial charge in [-0.1, -0.05) is 18.2 Å². The molecule has 1 amide bonds. The molecule has 0 aliphatic rings. The zero-order valence-electron chi connectivity index (χ0n) is 11.1. The number of rotatable bonds is 5. The first-order valence-corrected chi connectivity index (χ1v) is 6.13. The summed E-state index contributed by atoms with van der Waals surface area (Å²) in [6.07, 6.45) is 0. The Bertz CT molecular complexity index is 580. The predicted octanol–water partition coefficient (Wildman–Crippen LogP) is 3.69. The van der Waals surface area contributed by atoms with Gasteiger partial charge < -0.3 is 10.1 Å². The molecule has 2 rings (SSSR count). The van der Waals surface area contributed by atoms with Crippen molar-refractivity contribution in [3.8, 4) is 0 Å². The lowest BCUT2D eigenvalue weighted by molar-refractivity contribution is -0.119. The van der Waals surface area contributed by atoms with Crippen LogP contribution in [0.2, 0.25) is 0 Å². The van der Waals surface area contributed by atoms with Gasteiger partial charge in [-0.2, -0.15) is 10.2 Å². The van der Waals surface area contributed by atoms with E-state index < -0.39 is 0 Å². The molecule has 1 N–H and O–H groups in total. The summed E-state index contributed by atoms with van der Waals surface area (Å²) < 4.78 is 4.74. The van der Waals surface area contributed by atoms with E-state index in [0.717, 1.165) is 11.4 Å². The maximum Gasteiger partial charge on any atom is 0.250 e. The smallest absolute Gasteiger partial charge is 0.250 e. The number of nitrogens with one attached hydrogen (secondary N) is 1. The second kappa shape index (κ2) is 7.16. The van der Waals surface area contributed by atoms with Crippen molar-refractivity contribution >= 4 is 23.0 Å². The van der Waals surface area contributed by atoms with Crippen molar-refractivity contribution in [1.29, 1.82) is 0 Å². The minimum Gasteiger partial charge on any atom is -0.375 e. The number of benzene rings is 2. The molecular weight excluding hydrogens is 254 g/mol. The second-order valence-electron chi connectivity index (χ2n) is 4.06. The summed E-state index contributed by atoms with van der Waals surface area (Å²) >= 11 is 0. The van der Waals surface area contributed by atoms with Gasteiger partial charge in [0.05, 0.1) is 11.4 Å². The lowest BCUT2D eigenvalue weighted by atomic mass is 10.3. The molecule has 5 heteroatoms. The molecule has 0 saturated heterocycles. The Morgan fingerprint density at radius 1 is 1.00 bits per heavy atom. The Hall–Kier alpha value is -2.53. The molecule has 0 saturated carbocycles. The molecule has 5 nitrogen and oxygen atoms in total.